The first-order valence-electron chi connectivity index (χ1n) is 14.3. The van der Waals surface area contributed by atoms with Crippen LogP contribution >= 0.6 is 0 Å². The Balaban J connectivity index is 1.20. The van der Waals surface area contributed by atoms with Crippen LogP contribution in [0.2, 0.25) is 0 Å². The van der Waals surface area contributed by atoms with E-state index in [1.165, 1.54) is 18.2 Å². The number of benzene rings is 4. The van der Waals surface area contributed by atoms with Gasteiger partial charge in [0.25, 0.3) is 30.4 Å². The van der Waals surface area contributed by atoms with Gasteiger partial charge in [-0.05, 0) is 65.2 Å². The van der Waals surface area contributed by atoms with Crippen molar-refractivity contribution >= 4 is 81.4 Å². The number of nitrogens with one attached hydrogen (secondary N) is 2. The van der Waals surface area contributed by atoms with E-state index in [1.54, 1.807) is 54.6 Å². The highest BCUT2D eigenvalue weighted by molar-refractivity contribution is 7.95. The Morgan fingerprint density at radius 3 is 1.65 bits per heavy atom. The fourth-order valence-electron chi connectivity index (χ4n) is 5.24. The average Bonchev–Trinajstić information content (AvgIpc) is 3.06. The molecule has 7 N–H and O–H groups in total. The summed E-state index contributed by atoms with van der Waals surface area (Å²) in [4.78, 5) is 24.1. The lowest BCUT2D eigenvalue weighted by atomic mass is 9.93. The lowest BCUT2D eigenvalue weighted by Gasteiger charge is -2.18. The van der Waals surface area contributed by atoms with Crippen molar-refractivity contribution in [3.63, 3.8) is 0 Å². The van der Waals surface area contributed by atoms with Gasteiger partial charge >= 0.3 is 0 Å². The van der Waals surface area contributed by atoms with Gasteiger partial charge in [-0.1, -0.05) is 48.5 Å². The van der Waals surface area contributed by atoms with Crippen LogP contribution in [0.15, 0.2) is 111 Å². The number of hydrogen-bond acceptors (Lipinski definition) is 13. The summed E-state index contributed by atoms with van der Waals surface area (Å²) >= 11 is 0. The highest BCUT2D eigenvalue weighted by atomic mass is 32.2. The topological polar surface area (TPSA) is 272 Å². The van der Waals surface area contributed by atoms with Crippen LogP contribution < -0.4 is 16.6 Å². The molecule has 16 nitrogen and oxygen atoms in total. The largest absolute Gasteiger partial charge is 0.398 e. The van der Waals surface area contributed by atoms with Gasteiger partial charge in [-0.15, -0.1) is 0 Å². The zero-order chi connectivity index (χ0) is 36.9. The minimum absolute atomic E-state index is 0.0687. The predicted octanol–water partition coefficient (Wildman–Crippen LogP) is 3.97. The van der Waals surface area contributed by atoms with Crippen LogP contribution in [0.1, 0.15) is 31.8 Å². The zero-order valence-corrected chi connectivity index (χ0v) is 28.0. The Labute approximate surface area is 290 Å². The normalized spacial score (nSPS) is 16.3. The first-order valence-corrected chi connectivity index (χ1v) is 18.6. The second kappa shape index (κ2) is 12.8. The van der Waals surface area contributed by atoms with Crippen LogP contribution in [-0.2, 0) is 30.4 Å². The molecular formula is C32H23N5O11S3. The summed E-state index contributed by atoms with van der Waals surface area (Å²) in [6, 6.07) is 20.8. The second-order valence-corrected chi connectivity index (χ2v) is 15.2. The first kappa shape index (κ1) is 35.0. The molecule has 0 bridgehead atoms. The van der Waals surface area contributed by atoms with E-state index in [9.17, 15) is 48.5 Å². The molecule has 0 spiro atoms. The Kier molecular flexibility index (Phi) is 8.79. The summed E-state index contributed by atoms with van der Waals surface area (Å²) in [5, 5.41) is 7.94. The van der Waals surface area contributed by atoms with Gasteiger partial charge in [0.2, 0.25) is 11.6 Å². The van der Waals surface area contributed by atoms with Gasteiger partial charge in [-0.25, -0.2) is 0 Å². The molecule has 6 rings (SSSR count). The Bertz CT molecular complexity index is 2630. The van der Waals surface area contributed by atoms with Gasteiger partial charge in [0.15, 0.2) is 5.71 Å². The third-order valence-corrected chi connectivity index (χ3v) is 10.2. The summed E-state index contributed by atoms with van der Waals surface area (Å²) in [7, 11) is -14.5. The zero-order valence-electron chi connectivity index (χ0n) is 25.5. The summed E-state index contributed by atoms with van der Waals surface area (Å²) in [6.45, 7) is 0. The van der Waals surface area contributed by atoms with Crippen molar-refractivity contribution in [2.45, 2.75) is 4.90 Å². The van der Waals surface area contributed by atoms with Crippen LogP contribution in [0.5, 0.6) is 0 Å². The second-order valence-electron chi connectivity index (χ2n) is 11.0. The number of anilines is 3. The summed E-state index contributed by atoms with van der Waals surface area (Å²) in [6.07, 6.45) is 1.80. The Morgan fingerprint density at radius 2 is 1.12 bits per heavy atom. The molecule has 4 aromatic rings. The maximum atomic E-state index is 13.3. The number of hydrogen-bond donors (Lipinski definition) is 6. The molecule has 0 aliphatic heterocycles. The van der Waals surface area contributed by atoms with Gasteiger partial charge < -0.3 is 5.73 Å². The standard InChI is InChI=1S/C32H23N5O11S3/c33-25-15-22(49(40,41)42)13-19-14-28(51(46,47)48)30(32(39)29(19)25)37-35-21-11-7-18(8-12-21)17-5-9-20(10-6-17)34-36-26-16-27(50(43,44)45)23-3-1-2-4-24(23)31(26)38/h1-16,34-35H,33H2,(H,40,41,42)(H,43,44,45)(H,46,47,48)/b36-26-,37-30+. The molecule has 0 fully saturated rings. The smallest absolute Gasteiger partial charge is 0.296 e. The Hall–Kier alpha value is -5.83. The number of Topliss-reactive ketones (excluding diaryl/α,β-unsaturated/α-hetero) is 2. The van der Waals surface area contributed by atoms with Gasteiger partial charge in [0.05, 0.1) is 21.8 Å². The van der Waals surface area contributed by atoms with Crippen LogP contribution in [0, 0.1) is 0 Å². The van der Waals surface area contributed by atoms with Crippen LogP contribution in [-0.4, -0.2) is 61.9 Å². The van der Waals surface area contributed by atoms with Crippen molar-refractivity contribution in [1.29, 1.82) is 0 Å². The van der Waals surface area contributed by atoms with E-state index in [0.29, 0.717) is 11.4 Å². The van der Waals surface area contributed by atoms with Crippen molar-refractivity contribution in [3.8, 4) is 11.1 Å². The quantitative estimate of drug-likeness (QED) is 0.0845. The van der Waals surface area contributed by atoms with E-state index in [1.807, 2.05) is 0 Å². The van der Waals surface area contributed by atoms with Crippen molar-refractivity contribution in [1.82, 2.24) is 0 Å². The number of nitrogens with zero attached hydrogens (tertiary/aromatic N) is 2. The van der Waals surface area contributed by atoms with Gasteiger partial charge in [-0.3, -0.25) is 34.1 Å². The molecular weight excluding hydrogens is 727 g/mol. The molecule has 0 saturated carbocycles. The number of carbonyl (C=O) groups is 2. The summed E-state index contributed by atoms with van der Waals surface area (Å²) < 4.78 is 100. The summed E-state index contributed by atoms with van der Waals surface area (Å²) in [5.74, 6) is -1.57. The molecule has 0 aromatic heterocycles. The molecule has 0 heterocycles. The van der Waals surface area contributed by atoms with Gasteiger partial charge in [0, 0.05) is 16.8 Å². The molecule has 51 heavy (non-hydrogen) atoms. The number of allylic oxidation sites excluding steroid dienone is 2. The van der Waals surface area contributed by atoms with E-state index in [0.717, 1.165) is 35.4 Å². The van der Waals surface area contributed by atoms with Crippen molar-refractivity contribution in [2.24, 2.45) is 10.2 Å². The number of rotatable bonds is 8. The van der Waals surface area contributed by atoms with E-state index in [2.05, 4.69) is 21.1 Å². The third kappa shape index (κ3) is 7.10. The lowest BCUT2D eigenvalue weighted by molar-refractivity contribution is 0.105. The van der Waals surface area contributed by atoms with Gasteiger partial charge in [-0.2, -0.15) is 35.5 Å². The Morgan fingerprint density at radius 1 is 0.588 bits per heavy atom. The van der Waals surface area contributed by atoms with Gasteiger partial charge in [0.1, 0.15) is 15.5 Å². The predicted molar refractivity (Wildman–Crippen MR) is 189 cm³/mol. The fraction of sp³-hybridized carbons (Fsp3) is 0. The maximum Gasteiger partial charge on any atom is 0.296 e. The maximum absolute atomic E-state index is 13.3. The van der Waals surface area contributed by atoms with E-state index >= 15 is 0 Å². The monoisotopic (exact) mass is 749 g/mol. The number of fused-ring (bicyclic) bond motifs is 2. The molecule has 0 amide bonds. The van der Waals surface area contributed by atoms with E-state index in [4.69, 9.17) is 5.73 Å². The number of carbonyl (C=O) groups excluding carboxylic acids is 2. The summed E-state index contributed by atoms with van der Waals surface area (Å²) in [5.41, 5.74) is 11.6. The molecule has 2 aliphatic carbocycles. The highest BCUT2D eigenvalue weighted by Gasteiger charge is 2.35. The molecule has 260 valence electrons. The minimum atomic E-state index is -5.05. The van der Waals surface area contributed by atoms with E-state index in [-0.39, 0.29) is 33.7 Å². The van der Waals surface area contributed by atoms with Crippen molar-refractivity contribution in [3.05, 3.63) is 118 Å². The molecule has 19 heteroatoms. The minimum Gasteiger partial charge on any atom is -0.398 e. The SMILES string of the molecule is Nc1cc(S(=O)(=O)O)cc2c1C(=O)/C(=N/Nc1ccc(-c3ccc(N/N=C4/C=C(S(=O)(=O)O)c5ccccc5C4=O)cc3)cc1)C(S(=O)(=O)O)=C2. The van der Waals surface area contributed by atoms with Crippen LogP contribution in [0.25, 0.3) is 22.1 Å². The van der Waals surface area contributed by atoms with Crippen LogP contribution in [0.3, 0.4) is 0 Å². The molecule has 2 aliphatic rings. The van der Waals surface area contributed by atoms with Crippen molar-refractivity contribution in [2.75, 3.05) is 16.6 Å². The van der Waals surface area contributed by atoms with E-state index < -0.39 is 62.3 Å². The van der Waals surface area contributed by atoms with Crippen molar-refractivity contribution < 1.29 is 48.5 Å². The molecule has 0 saturated heterocycles. The number of nitrogen functional groups attached to an aromatic ring is 1. The number of ketones is 2. The molecule has 0 atom stereocenters. The molecule has 0 radical (unpaired) electrons. The van der Waals surface area contributed by atoms with Crippen LogP contribution in [0.4, 0.5) is 17.1 Å². The lowest BCUT2D eigenvalue weighted by Crippen LogP contribution is -2.28. The number of hydrazone groups is 2. The highest BCUT2D eigenvalue weighted by Crippen LogP contribution is 2.33. The molecule has 4 aromatic carbocycles. The first-order chi connectivity index (χ1) is 23.9. The average molecular weight is 750 g/mol. The fourth-order valence-corrected chi connectivity index (χ4v) is 7.17. The number of nitrogens with two attached hydrogens (primary N) is 1. The molecule has 0 unspecified atom stereocenters. The third-order valence-electron chi connectivity index (χ3n) is 7.63.